The van der Waals surface area contributed by atoms with Gasteiger partial charge >= 0.3 is 5.97 Å². The van der Waals surface area contributed by atoms with Crippen molar-refractivity contribution >= 4 is 5.97 Å². The lowest BCUT2D eigenvalue weighted by Crippen LogP contribution is -2.21. The smallest absolute Gasteiger partial charge is 0.331 e. The highest BCUT2D eigenvalue weighted by Crippen LogP contribution is 2.24. The maximum absolute atomic E-state index is 10.9. The topological polar surface area (TPSA) is 55.8 Å². The van der Waals surface area contributed by atoms with Crippen LogP contribution in [0.25, 0.3) is 0 Å². The highest BCUT2D eigenvalue weighted by atomic mass is 16.7. The summed E-state index contributed by atoms with van der Waals surface area (Å²) >= 11 is 0. The Bertz CT molecular complexity index is 268. The zero-order valence-electron chi connectivity index (χ0n) is 9.45. The molecule has 0 aliphatic carbocycles. The highest BCUT2D eigenvalue weighted by Gasteiger charge is 2.31. The van der Waals surface area contributed by atoms with Crippen molar-refractivity contribution in [3.63, 3.8) is 0 Å². The average molecular weight is 214 g/mol. The summed E-state index contributed by atoms with van der Waals surface area (Å²) in [5.41, 5.74) is 0.406. The molecule has 15 heavy (non-hydrogen) atoms. The number of hydrogen-bond acceptors (Lipinski definition) is 3. The highest BCUT2D eigenvalue weighted by molar-refractivity contribution is 5.86. The molecule has 4 heteroatoms. The molecule has 0 bridgehead atoms. The predicted molar refractivity (Wildman–Crippen MR) is 55.5 cm³/mol. The van der Waals surface area contributed by atoms with Crippen molar-refractivity contribution in [3.05, 3.63) is 11.6 Å². The van der Waals surface area contributed by atoms with E-state index in [2.05, 4.69) is 0 Å². The van der Waals surface area contributed by atoms with Crippen molar-refractivity contribution in [3.8, 4) is 0 Å². The maximum Gasteiger partial charge on any atom is 0.331 e. The third-order valence-electron chi connectivity index (χ3n) is 2.21. The molecule has 1 N–H and O–H groups in total. The first-order valence-electron chi connectivity index (χ1n) is 5.20. The second kappa shape index (κ2) is 4.77. The number of carboxylic acids is 1. The molecule has 0 aromatic heterocycles. The zero-order chi connectivity index (χ0) is 11.5. The number of carboxylic acid groups (broad SMARTS) is 1. The van der Waals surface area contributed by atoms with Gasteiger partial charge in [0.1, 0.15) is 6.10 Å². The number of aliphatic carboxylic acids is 1. The Kier molecular flexibility index (Phi) is 3.88. The minimum atomic E-state index is -0.870. The van der Waals surface area contributed by atoms with E-state index in [1.54, 1.807) is 6.08 Å². The van der Waals surface area contributed by atoms with Crippen LogP contribution in [0, 0.1) is 0 Å². The molecule has 0 spiro atoms. The monoisotopic (exact) mass is 214 g/mol. The van der Waals surface area contributed by atoms with E-state index in [4.69, 9.17) is 14.6 Å². The van der Waals surface area contributed by atoms with Crippen molar-refractivity contribution in [1.29, 1.82) is 0 Å². The molecular formula is C11H18O4. The van der Waals surface area contributed by atoms with E-state index >= 15 is 0 Å². The molecule has 1 rings (SSSR count). The standard InChI is InChI=1S/C11H18O4/c1-4-5-8(10(12)13)6-9-7-14-11(2,3)15-9/h6,9H,4-5,7H2,1-3H3,(H,12,13). The number of ether oxygens (including phenoxy) is 2. The van der Waals surface area contributed by atoms with E-state index in [1.165, 1.54) is 0 Å². The van der Waals surface area contributed by atoms with Gasteiger partial charge in [-0.05, 0) is 26.3 Å². The van der Waals surface area contributed by atoms with Gasteiger partial charge in [0.2, 0.25) is 0 Å². The number of hydrogen-bond donors (Lipinski definition) is 1. The minimum Gasteiger partial charge on any atom is -0.478 e. The normalized spacial score (nSPS) is 25.5. The van der Waals surface area contributed by atoms with Crippen LogP contribution in [0.2, 0.25) is 0 Å². The van der Waals surface area contributed by atoms with Gasteiger partial charge in [0.25, 0.3) is 0 Å². The fourth-order valence-corrected chi connectivity index (χ4v) is 1.55. The lowest BCUT2D eigenvalue weighted by molar-refractivity contribution is -0.135. The molecule has 0 saturated carbocycles. The Morgan fingerprint density at radius 2 is 2.27 bits per heavy atom. The number of carbonyl (C=O) groups is 1. The summed E-state index contributed by atoms with van der Waals surface area (Å²) in [5.74, 6) is -1.47. The van der Waals surface area contributed by atoms with Crippen LogP contribution in [-0.2, 0) is 14.3 Å². The van der Waals surface area contributed by atoms with Crippen molar-refractivity contribution < 1.29 is 19.4 Å². The third kappa shape index (κ3) is 3.64. The minimum absolute atomic E-state index is 0.238. The van der Waals surface area contributed by atoms with Crippen LogP contribution in [0.5, 0.6) is 0 Å². The molecule has 1 atom stereocenters. The van der Waals surface area contributed by atoms with Crippen LogP contribution in [0.15, 0.2) is 11.6 Å². The van der Waals surface area contributed by atoms with Gasteiger partial charge in [0.15, 0.2) is 5.79 Å². The van der Waals surface area contributed by atoms with E-state index in [0.29, 0.717) is 18.6 Å². The van der Waals surface area contributed by atoms with Crippen LogP contribution in [0.3, 0.4) is 0 Å². The van der Waals surface area contributed by atoms with Crippen LogP contribution >= 0.6 is 0 Å². The summed E-state index contributed by atoms with van der Waals surface area (Å²) in [7, 11) is 0. The van der Waals surface area contributed by atoms with Crippen molar-refractivity contribution in [1.82, 2.24) is 0 Å². The molecule has 0 radical (unpaired) electrons. The summed E-state index contributed by atoms with van der Waals surface area (Å²) in [5, 5.41) is 8.93. The molecule has 0 aromatic carbocycles. The summed E-state index contributed by atoms with van der Waals surface area (Å²) in [6.45, 7) is 6.02. The van der Waals surface area contributed by atoms with E-state index < -0.39 is 11.8 Å². The predicted octanol–water partition coefficient (Wildman–Crippen LogP) is 1.95. The first-order valence-corrected chi connectivity index (χ1v) is 5.20. The Morgan fingerprint density at radius 3 is 2.67 bits per heavy atom. The van der Waals surface area contributed by atoms with Gasteiger partial charge in [-0.2, -0.15) is 0 Å². The molecule has 1 unspecified atom stereocenters. The van der Waals surface area contributed by atoms with E-state index in [9.17, 15) is 4.79 Å². The summed E-state index contributed by atoms with van der Waals surface area (Å²) in [6.07, 6.45) is 2.79. The van der Waals surface area contributed by atoms with Gasteiger partial charge in [0.05, 0.1) is 6.61 Å². The van der Waals surface area contributed by atoms with Crippen LogP contribution in [0.4, 0.5) is 0 Å². The van der Waals surface area contributed by atoms with E-state index in [1.807, 2.05) is 20.8 Å². The molecule has 1 saturated heterocycles. The SMILES string of the molecule is CCCC(=CC1COC(C)(C)O1)C(=O)O. The Morgan fingerprint density at radius 1 is 1.60 bits per heavy atom. The molecule has 1 aliphatic heterocycles. The van der Waals surface area contributed by atoms with Gasteiger partial charge in [-0.25, -0.2) is 4.79 Å². The van der Waals surface area contributed by atoms with E-state index in [0.717, 1.165) is 6.42 Å². The van der Waals surface area contributed by atoms with Crippen LogP contribution in [-0.4, -0.2) is 29.6 Å². The Hall–Kier alpha value is -0.870. The van der Waals surface area contributed by atoms with Crippen LogP contribution < -0.4 is 0 Å². The zero-order valence-corrected chi connectivity index (χ0v) is 9.45. The molecule has 1 fully saturated rings. The summed E-state index contributed by atoms with van der Waals surface area (Å²) in [6, 6.07) is 0. The molecule has 0 amide bonds. The van der Waals surface area contributed by atoms with Gasteiger partial charge in [-0.3, -0.25) is 0 Å². The molecule has 86 valence electrons. The van der Waals surface area contributed by atoms with Gasteiger partial charge in [-0.1, -0.05) is 13.3 Å². The maximum atomic E-state index is 10.9. The van der Waals surface area contributed by atoms with Gasteiger partial charge in [0, 0.05) is 5.57 Å². The molecule has 1 aliphatic rings. The molecule has 0 aromatic rings. The Balaban J connectivity index is 2.64. The summed E-state index contributed by atoms with van der Waals surface area (Å²) < 4.78 is 10.9. The first kappa shape index (κ1) is 12.2. The third-order valence-corrected chi connectivity index (χ3v) is 2.21. The fourth-order valence-electron chi connectivity index (χ4n) is 1.55. The molecule has 4 nitrogen and oxygen atoms in total. The van der Waals surface area contributed by atoms with Crippen molar-refractivity contribution in [2.24, 2.45) is 0 Å². The van der Waals surface area contributed by atoms with Crippen molar-refractivity contribution in [2.75, 3.05) is 6.61 Å². The van der Waals surface area contributed by atoms with Crippen molar-refractivity contribution in [2.45, 2.75) is 45.5 Å². The van der Waals surface area contributed by atoms with Crippen LogP contribution in [0.1, 0.15) is 33.6 Å². The second-order valence-corrected chi connectivity index (χ2v) is 4.11. The largest absolute Gasteiger partial charge is 0.478 e. The first-order chi connectivity index (χ1) is 6.94. The second-order valence-electron chi connectivity index (χ2n) is 4.11. The average Bonchev–Trinajstić information content (AvgIpc) is 2.44. The van der Waals surface area contributed by atoms with E-state index in [-0.39, 0.29) is 6.10 Å². The lowest BCUT2D eigenvalue weighted by Gasteiger charge is -2.16. The fraction of sp³-hybridized carbons (Fsp3) is 0.727. The Labute approximate surface area is 89.9 Å². The molecule has 1 heterocycles. The summed E-state index contributed by atoms with van der Waals surface area (Å²) in [4.78, 5) is 10.9. The van der Waals surface area contributed by atoms with Gasteiger partial charge in [-0.15, -0.1) is 0 Å². The number of rotatable bonds is 4. The quantitative estimate of drug-likeness (QED) is 0.727. The van der Waals surface area contributed by atoms with Gasteiger partial charge < -0.3 is 14.6 Å². The lowest BCUT2D eigenvalue weighted by atomic mass is 10.1. The molecular weight excluding hydrogens is 196 g/mol.